The molecule has 1 N–H and O–H groups in total. The van der Waals surface area contributed by atoms with Gasteiger partial charge < -0.3 is 5.32 Å². The number of nitrogens with one attached hydrogen (secondary N) is 1. The Labute approximate surface area is 99.8 Å². The molecule has 1 rings (SSSR count). The highest BCUT2D eigenvalue weighted by molar-refractivity contribution is 5.84. The van der Waals surface area contributed by atoms with Gasteiger partial charge in [-0.25, -0.2) is 0 Å². The summed E-state index contributed by atoms with van der Waals surface area (Å²) in [6, 6.07) is 8.48. The second-order valence-corrected chi connectivity index (χ2v) is 3.56. The topological polar surface area (TPSA) is 29.1 Å². The van der Waals surface area contributed by atoms with Crippen LogP contribution in [0.3, 0.4) is 0 Å². The van der Waals surface area contributed by atoms with Crippen molar-refractivity contribution >= 4 is 5.91 Å². The summed E-state index contributed by atoms with van der Waals surface area (Å²) >= 11 is 0. The van der Waals surface area contributed by atoms with Crippen LogP contribution in [0.25, 0.3) is 0 Å². The van der Waals surface area contributed by atoms with Gasteiger partial charge in [0.25, 0.3) is 5.91 Å². The summed E-state index contributed by atoms with van der Waals surface area (Å²) in [4.78, 5) is 10.7. The molecule has 18 heavy (non-hydrogen) atoms. The molecule has 0 aromatic heterocycles. The second kappa shape index (κ2) is 5.32. The summed E-state index contributed by atoms with van der Waals surface area (Å²) in [6.45, 7) is -0.283. The molecular formula is C11H10F5NO. The van der Waals surface area contributed by atoms with Crippen molar-refractivity contribution in [2.24, 2.45) is 0 Å². The van der Waals surface area contributed by atoms with Crippen LogP contribution >= 0.6 is 0 Å². The van der Waals surface area contributed by atoms with Crippen molar-refractivity contribution in [3.63, 3.8) is 0 Å². The summed E-state index contributed by atoms with van der Waals surface area (Å²) in [7, 11) is 0. The molecule has 0 fully saturated rings. The lowest BCUT2D eigenvalue weighted by molar-refractivity contribution is -0.269. The summed E-state index contributed by atoms with van der Waals surface area (Å²) in [5.41, 5.74) is 0.730. The van der Waals surface area contributed by atoms with Crippen molar-refractivity contribution < 1.29 is 26.7 Å². The summed E-state index contributed by atoms with van der Waals surface area (Å²) in [5, 5.41) is 1.57. The largest absolute Gasteiger partial charge is 0.463 e. The molecule has 0 saturated carbocycles. The first-order valence-corrected chi connectivity index (χ1v) is 5.02. The molecule has 0 aliphatic heterocycles. The maximum atomic E-state index is 12.5. The average Bonchev–Trinajstić information content (AvgIpc) is 2.28. The fourth-order valence-corrected chi connectivity index (χ4v) is 1.20. The lowest BCUT2D eigenvalue weighted by Crippen LogP contribution is -2.50. The highest BCUT2D eigenvalue weighted by Gasteiger charge is 2.63. The molecule has 0 radical (unpaired) electrons. The first kappa shape index (κ1) is 14.4. The van der Waals surface area contributed by atoms with Crippen molar-refractivity contribution in [2.75, 3.05) is 6.54 Å². The molecule has 100 valence electrons. The normalized spacial score (nSPS) is 12.3. The SMILES string of the molecule is O=C(NCCc1ccccc1)C(F)(F)C(F)(F)F. The van der Waals surface area contributed by atoms with Crippen LogP contribution < -0.4 is 5.32 Å². The lowest BCUT2D eigenvalue weighted by atomic mass is 10.1. The summed E-state index contributed by atoms with van der Waals surface area (Å²) < 4.78 is 60.5. The minimum absolute atomic E-state index is 0.181. The third-order valence-corrected chi connectivity index (χ3v) is 2.18. The molecule has 1 amide bonds. The van der Waals surface area contributed by atoms with Crippen molar-refractivity contribution in [3.05, 3.63) is 35.9 Å². The molecule has 0 bridgehead atoms. The van der Waals surface area contributed by atoms with Crippen molar-refractivity contribution in [1.82, 2.24) is 5.32 Å². The van der Waals surface area contributed by atoms with Gasteiger partial charge in [0.15, 0.2) is 0 Å². The number of hydrogen-bond acceptors (Lipinski definition) is 1. The molecule has 0 atom stereocenters. The molecule has 1 aromatic rings. The molecule has 7 heteroatoms. The maximum Gasteiger partial charge on any atom is 0.463 e. The molecule has 2 nitrogen and oxygen atoms in total. The van der Waals surface area contributed by atoms with Crippen LogP contribution in [-0.2, 0) is 11.2 Å². The highest BCUT2D eigenvalue weighted by atomic mass is 19.4. The minimum atomic E-state index is -5.87. The van der Waals surface area contributed by atoms with Gasteiger partial charge in [-0.05, 0) is 12.0 Å². The van der Waals surface area contributed by atoms with Gasteiger partial charge in [-0.15, -0.1) is 0 Å². The molecule has 0 saturated heterocycles. The van der Waals surface area contributed by atoms with E-state index < -0.39 is 18.0 Å². The Morgan fingerprint density at radius 3 is 2.11 bits per heavy atom. The second-order valence-electron chi connectivity index (χ2n) is 3.56. The Hall–Kier alpha value is -1.66. The number of rotatable bonds is 4. The molecule has 0 unspecified atom stereocenters. The number of alkyl halides is 5. The highest BCUT2D eigenvalue weighted by Crippen LogP contribution is 2.35. The van der Waals surface area contributed by atoms with Crippen LogP contribution in [0.4, 0.5) is 22.0 Å². The van der Waals surface area contributed by atoms with Gasteiger partial charge in [0.1, 0.15) is 0 Å². The number of benzene rings is 1. The third-order valence-electron chi connectivity index (χ3n) is 2.18. The van der Waals surface area contributed by atoms with Crippen molar-refractivity contribution in [1.29, 1.82) is 0 Å². The molecule has 0 aliphatic carbocycles. The Morgan fingerprint density at radius 2 is 1.61 bits per heavy atom. The lowest BCUT2D eigenvalue weighted by Gasteiger charge is -2.18. The Kier molecular flexibility index (Phi) is 4.26. The van der Waals surface area contributed by atoms with Crippen molar-refractivity contribution in [2.45, 2.75) is 18.5 Å². The fourth-order valence-electron chi connectivity index (χ4n) is 1.20. The van der Waals surface area contributed by atoms with E-state index in [1.165, 1.54) is 0 Å². The van der Waals surface area contributed by atoms with Crippen LogP contribution in [0.2, 0.25) is 0 Å². The van der Waals surface area contributed by atoms with Crippen LogP contribution in [0, 0.1) is 0 Å². The zero-order valence-corrected chi connectivity index (χ0v) is 9.10. The predicted molar refractivity (Wildman–Crippen MR) is 54.2 cm³/mol. The van der Waals surface area contributed by atoms with E-state index in [0.717, 1.165) is 5.56 Å². The third kappa shape index (κ3) is 3.41. The summed E-state index contributed by atoms with van der Waals surface area (Å²) in [6.07, 6.45) is -5.69. The van der Waals surface area contributed by atoms with E-state index in [9.17, 15) is 26.7 Å². The number of hydrogen-bond donors (Lipinski definition) is 1. The van der Waals surface area contributed by atoms with Gasteiger partial charge in [0.05, 0.1) is 0 Å². The van der Waals surface area contributed by atoms with Crippen LogP contribution in [0.15, 0.2) is 30.3 Å². The fraction of sp³-hybridized carbons (Fsp3) is 0.364. The van der Waals surface area contributed by atoms with Crippen LogP contribution in [-0.4, -0.2) is 24.6 Å². The zero-order chi connectivity index (χ0) is 13.8. The van der Waals surface area contributed by atoms with Gasteiger partial charge in [-0.3, -0.25) is 4.79 Å². The Bertz CT molecular complexity index is 402. The first-order valence-electron chi connectivity index (χ1n) is 5.02. The molecule has 0 spiro atoms. The first-order chi connectivity index (χ1) is 8.25. The molecule has 0 aliphatic rings. The Balaban J connectivity index is 2.48. The van der Waals surface area contributed by atoms with E-state index in [1.807, 2.05) is 0 Å². The molecular weight excluding hydrogens is 257 g/mol. The van der Waals surface area contributed by atoms with Crippen LogP contribution in [0.5, 0.6) is 0 Å². The van der Waals surface area contributed by atoms with Gasteiger partial charge in [0, 0.05) is 6.54 Å². The molecule has 0 heterocycles. The van der Waals surface area contributed by atoms with E-state index in [4.69, 9.17) is 0 Å². The van der Waals surface area contributed by atoms with E-state index in [0.29, 0.717) is 0 Å². The smallest absolute Gasteiger partial charge is 0.350 e. The van der Waals surface area contributed by atoms with E-state index >= 15 is 0 Å². The molecule has 1 aromatic carbocycles. The van der Waals surface area contributed by atoms with E-state index in [-0.39, 0.29) is 13.0 Å². The quantitative estimate of drug-likeness (QED) is 0.834. The zero-order valence-electron chi connectivity index (χ0n) is 9.10. The van der Waals surface area contributed by atoms with Crippen molar-refractivity contribution in [3.8, 4) is 0 Å². The van der Waals surface area contributed by atoms with E-state index in [1.54, 1.807) is 35.6 Å². The standard InChI is InChI=1S/C11H10F5NO/c12-10(13,11(14,15)16)9(18)17-7-6-8-4-2-1-3-5-8/h1-5H,6-7H2,(H,17,18). The van der Waals surface area contributed by atoms with Gasteiger partial charge in [-0.1, -0.05) is 30.3 Å². The monoisotopic (exact) mass is 267 g/mol. The number of halogens is 5. The number of amides is 1. The predicted octanol–water partition coefficient (Wildman–Crippen LogP) is 2.54. The number of carbonyl (C=O) groups excluding carboxylic acids is 1. The number of carbonyl (C=O) groups is 1. The Morgan fingerprint density at radius 1 is 1.06 bits per heavy atom. The van der Waals surface area contributed by atoms with Gasteiger partial charge in [-0.2, -0.15) is 22.0 Å². The average molecular weight is 267 g/mol. The minimum Gasteiger partial charge on any atom is -0.350 e. The van der Waals surface area contributed by atoms with Gasteiger partial charge >= 0.3 is 12.1 Å². The van der Waals surface area contributed by atoms with E-state index in [2.05, 4.69) is 0 Å². The maximum absolute atomic E-state index is 12.5. The van der Waals surface area contributed by atoms with Gasteiger partial charge in [0.2, 0.25) is 0 Å². The van der Waals surface area contributed by atoms with Crippen LogP contribution in [0.1, 0.15) is 5.56 Å². The summed E-state index contributed by atoms with van der Waals surface area (Å²) in [5.74, 6) is -7.69.